The van der Waals surface area contributed by atoms with Crippen molar-refractivity contribution in [2.24, 2.45) is 0 Å². The molecule has 5 rings (SSSR count). The topological polar surface area (TPSA) is 102 Å². The normalized spacial score (nSPS) is 10.7. The molecule has 8 nitrogen and oxygen atoms in total. The summed E-state index contributed by atoms with van der Waals surface area (Å²) in [4.78, 5) is 34.7. The molecule has 0 saturated carbocycles. The van der Waals surface area contributed by atoms with E-state index >= 15 is 0 Å². The number of rotatable bonds is 6. The number of hydrogen-bond acceptors (Lipinski definition) is 6. The Morgan fingerprint density at radius 3 is 2.37 bits per heavy atom. The Morgan fingerprint density at radius 1 is 0.857 bits per heavy atom. The number of carbonyl (C=O) groups is 2. The molecule has 10 heteroatoms. The van der Waals surface area contributed by atoms with Gasteiger partial charge in [0.2, 0.25) is 5.82 Å². The van der Waals surface area contributed by atoms with Crippen LogP contribution < -0.4 is 10.6 Å². The third kappa shape index (κ3) is 4.97. The zero-order valence-corrected chi connectivity index (χ0v) is 18.9. The molecular formula is C25H17FN6O2S. The fraction of sp³-hybridized carbons (Fsp3) is 0. The molecule has 3 aromatic heterocycles. The summed E-state index contributed by atoms with van der Waals surface area (Å²) in [5.74, 6) is -0.856. The predicted octanol–water partition coefficient (Wildman–Crippen LogP) is 5.03. The molecule has 0 unspecified atom stereocenters. The summed E-state index contributed by atoms with van der Waals surface area (Å²) in [7, 11) is 0. The van der Waals surface area contributed by atoms with E-state index in [-0.39, 0.29) is 17.5 Å². The number of carbonyl (C=O) groups excluding carboxylic acids is 2. The second-order valence-electron chi connectivity index (χ2n) is 7.35. The summed E-state index contributed by atoms with van der Waals surface area (Å²) in [6.45, 7) is 0. The van der Waals surface area contributed by atoms with Crippen molar-refractivity contribution < 1.29 is 14.0 Å². The SMILES string of the molecule is O=C(Nc1ccncc1)c1cccc(NC(=O)c2nc(-c3cccs3)n(-c3ccc(F)cc3)n2)c1. The zero-order valence-electron chi connectivity index (χ0n) is 18.1. The van der Waals surface area contributed by atoms with Gasteiger partial charge in [0.25, 0.3) is 11.8 Å². The van der Waals surface area contributed by atoms with Gasteiger partial charge in [0.15, 0.2) is 5.82 Å². The van der Waals surface area contributed by atoms with Crippen molar-refractivity contribution in [3.8, 4) is 16.4 Å². The molecular weight excluding hydrogens is 467 g/mol. The summed E-state index contributed by atoms with van der Waals surface area (Å²) in [5.41, 5.74) is 1.95. The van der Waals surface area contributed by atoms with Gasteiger partial charge in [-0.15, -0.1) is 16.4 Å². The van der Waals surface area contributed by atoms with Crippen LogP contribution in [0, 0.1) is 5.82 Å². The smallest absolute Gasteiger partial charge is 0.295 e. The molecule has 0 radical (unpaired) electrons. The van der Waals surface area contributed by atoms with Crippen LogP contribution >= 0.6 is 11.3 Å². The lowest BCUT2D eigenvalue weighted by Gasteiger charge is -2.07. The highest BCUT2D eigenvalue weighted by atomic mass is 32.1. The average Bonchev–Trinajstić information content (AvgIpc) is 3.56. The largest absolute Gasteiger partial charge is 0.322 e. The molecule has 0 saturated heterocycles. The molecule has 0 atom stereocenters. The van der Waals surface area contributed by atoms with Gasteiger partial charge in [-0.1, -0.05) is 12.1 Å². The first-order valence-corrected chi connectivity index (χ1v) is 11.3. The van der Waals surface area contributed by atoms with Gasteiger partial charge < -0.3 is 10.6 Å². The number of thiophene rings is 1. The first kappa shape index (κ1) is 22.1. The zero-order chi connectivity index (χ0) is 24.2. The maximum atomic E-state index is 13.4. The number of amides is 2. The highest BCUT2D eigenvalue weighted by Crippen LogP contribution is 2.26. The van der Waals surface area contributed by atoms with E-state index in [2.05, 4.69) is 25.7 Å². The average molecular weight is 485 g/mol. The molecule has 0 bridgehead atoms. The van der Waals surface area contributed by atoms with E-state index in [4.69, 9.17) is 0 Å². The first-order chi connectivity index (χ1) is 17.1. The van der Waals surface area contributed by atoms with Crippen LogP contribution in [0.15, 0.2) is 90.6 Å². The fourth-order valence-corrected chi connectivity index (χ4v) is 4.00. The van der Waals surface area contributed by atoms with Crippen LogP contribution in [0.25, 0.3) is 16.4 Å². The van der Waals surface area contributed by atoms with E-state index in [0.717, 1.165) is 4.88 Å². The third-order valence-electron chi connectivity index (χ3n) is 4.94. The van der Waals surface area contributed by atoms with Gasteiger partial charge in [0.05, 0.1) is 10.6 Å². The van der Waals surface area contributed by atoms with Gasteiger partial charge in [0, 0.05) is 29.3 Å². The molecule has 5 aromatic rings. The Morgan fingerprint density at radius 2 is 1.63 bits per heavy atom. The van der Waals surface area contributed by atoms with E-state index in [9.17, 15) is 14.0 Å². The summed E-state index contributed by atoms with van der Waals surface area (Å²) < 4.78 is 14.9. The van der Waals surface area contributed by atoms with E-state index in [1.807, 2.05) is 17.5 Å². The number of anilines is 2. The summed E-state index contributed by atoms with van der Waals surface area (Å²) in [6.07, 6.45) is 3.16. The summed E-state index contributed by atoms with van der Waals surface area (Å²) >= 11 is 1.45. The molecule has 172 valence electrons. The summed E-state index contributed by atoms with van der Waals surface area (Å²) in [6, 6.07) is 19.4. The fourth-order valence-electron chi connectivity index (χ4n) is 3.30. The number of nitrogens with one attached hydrogen (secondary N) is 2. The molecule has 2 amide bonds. The maximum absolute atomic E-state index is 13.4. The van der Waals surface area contributed by atoms with Crippen LogP contribution in [0.2, 0.25) is 0 Å². The van der Waals surface area contributed by atoms with Gasteiger partial charge in [-0.2, -0.15) is 0 Å². The number of benzene rings is 2. The van der Waals surface area contributed by atoms with E-state index in [1.54, 1.807) is 60.9 Å². The maximum Gasteiger partial charge on any atom is 0.295 e. The third-order valence-corrected chi connectivity index (χ3v) is 5.81. The van der Waals surface area contributed by atoms with Crippen LogP contribution in [0.3, 0.4) is 0 Å². The molecule has 3 heterocycles. The van der Waals surface area contributed by atoms with Crippen LogP contribution in [-0.4, -0.2) is 31.6 Å². The number of hydrogen-bond donors (Lipinski definition) is 2. The lowest BCUT2D eigenvalue weighted by Crippen LogP contribution is -2.16. The van der Waals surface area contributed by atoms with Crippen molar-refractivity contribution in [2.45, 2.75) is 0 Å². The minimum Gasteiger partial charge on any atom is -0.322 e. The number of nitrogens with zero attached hydrogens (tertiary/aromatic N) is 4. The molecule has 0 aliphatic carbocycles. The molecule has 35 heavy (non-hydrogen) atoms. The standard InChI is InChI=1S/C25H17FN6O2S/c26-17-6-8-20(9-7-17)32-23(21-5-2-14-35-21)30-22(31-32)25(34)29-19-4-1-3-16(15-19)24(33)28-18-10-12-27-13-11-18/h1-15H,(H,29,34)(H,27,28,33). The predicted molar refractivity (Wildman–Crippen MR) is 131 cm³/mol. The first-order valence-electron chi connectivity index (χ1n) is 10.5. The molecule has 0 spiro atoms. The minimum absolute atomic E-state index is 0.0654. The Labute approximate surface area is 203 Å². The Kier molecular flexibility index (Phi) is 6.10. The second-order valence-corrected chi connectivity index (χ2v) is 8.30. The van der Waals surface area contributed by atoms with E-state index < -0.39 is 5.91 Å². The second kappa shape index (κ2) is 9.65. The highest BCUT2D eigenvalue weighted by molar-refractivity contribution is 7.13. The van der Waals surface area contributed by atoms with Crippen LogP contribution in [0.4, 0.5) is 15.8 Å². The molecule has 2 N–H and O–H groups in total. The Balaban J connectivity index is 1.39. The van der Waals surface area contributed by atoms with Crippen LogP contribution in [0.5, 0.6) is 0 Å². The minimum atomic E-state index is -0.546. The quantitative estimate of drug-likeness (QED) is 0.352. The molecule has 2 aromatic carbocycles. The lowest BCUT2D eigenvalue weighted by molar-refractivity contribution is 0.101. The number of aromatic nitrogens is 4. The Bertz CT molecular complexity index is 1480. The molecule has 0 fully saturated rings. The van der Waals surface area contributed by atoms with Gasteiger partial charge in [0.1, 0.15) is 5.82 Å². The van der Waals surface area contributed by atoms with Crippen molar-refractivity contribution in [3.05, 3.63) is 108 Å². The summed E-state index contributed by atoms with van der Waals surface area (Å²) in [5, 5.41) is 11.8. The van der Waals surface area contributed by atoms with Gasteiger partial charge in [-0.3, -0.25) is 14.6 Å². The van der Waals surface area contributed by atoms with Gasteiger partial charge >= 0.3 is 0 Å². The number of pyridine rings is 1. The Hall–Kier alpha value is -4.70. The van der Waals surface area contributed by atoms with Crippen molar-refractivity contribution in [2.75, 3.05) is 10.6 Å². The number of halogens is 1. The van der Waals surface area contributed by atoms with Crippen LogP contribution in [0.1, 0.15) is 21.0 Å². The van der Waals surface area contributed by atoms with E-state index in [0.29, 0.717) is 28.5 Å². The monoisotopic (exact) mass is 484 g/mol. The molecule has 0 aliphatic rings. The highest BCUT2D eigenvalue weighted by Gasteiger charge is 2.20. The van der Waals surface area contributed by atoms with Gasteiger partial charge in [-0.05, 0) is 66.0 Å². The van der Waals surface area contributed by atoms with Gasteiger partial charge in [-0.25, -0.2) is 14.1 Å². The van der Waals surface area contributed by atoms with Crippen molar-refractivity contribution >= 4 is 34.5 Å². The van der Waals surface area contributed by atoms with Crippen LogP contribution in [-0.2, 0) is 0 Å². The molecule has 0 aliphatic heterocycles. The van der Waals surface area contributed by atoms with Crippen molar-refractivity contribution in [1.82, 2.24) is 19.7 Å². The van der Waals surface area contributed by atoms with E-state index in [1.165, 1.54) is 28.2 Å². The lowest BCUT2D eigenvalue weighted by atomic mass is 10.2. The van der Waals surface area contributed by atoms with Crippen molar-refractivity contribution in [3.63, 3.8) is 0 Å². The van der Waals surface area contributed by atoms with Crippen molar-refractivity contribution in [1.29, 1.82) is 0 Å².